The average molecular weight is 299 g/mol. The molecule has 0 aliphatic carbocycles. The van der Waals surface area contributed by atoms with Crippen molar-refractivity contribution in [3.05, 3.63) is 22.7 Å². The first-order valence-corrected chi connectivity index (χ1v) is 7.19. The summed E-state index contributed by atoms with van der Waals surface area (Å²) in [6, 6.07) is 3.93. The Morgan fingerprint density at radius 3 is 3.10 bits per heavy atom. The van der Waals surface area contributed by atoms with Crippen LogP contribution in [0, 0.1) is 0 Å². The number of benzene rings is 1. The molecule has 1 saturated heterocycles. The molecule has 0 aromatic heterocycles. The molecule has 1 atom stereocenters. The topological polar surface area (TPSA) is 43.0 Å². The molecule has 110 valence electrons. The monoisotopic (exact) mass is 298 g/mol. The highest BCUT2D eigenvalue weighted by molar-refractivity contribution is 6.32. The van der Waals surface area contributed by atoms with Crippen LogP contribution in [0.25, 0.3) is 0 Å². The van der Waals surface area contributed by atoms with Crippen LogP contribution in [0.3, 0.4) is 0 Å². The van der Waals surface area contributed by atoms with E-state index in [0.717, 1.165) is 44.1 Å². The van der Waals surface area contributed by atoms with Gasteiger partial charge in [-0.05, 0) is 24.7 Å². The van der Waals surface area contributed by atoms with Crippen molar-refractivity contribution < 1.29 is 14.2 Å². The van der Waals surface area contributed by atoms with Crippen molar-refractivity contribution >= 4 is 11.6 Å². The molecule has 2 heterocycles. The summed E-state index contributed by atoms with van der Waals surface area (Å²) in [5.41, 5.74) is 1.12. The number of morpholine rings is 1. The SMILES string of the molecule is CN(Cc1cc(Cl)c2c(c1)OCO2)CC1CNCCO1. The molecule has 1 fully saturated rings. The fourth-order valence-electron chi connectivity index (χ4n) is 2.57. The van der Waals surface area contributed by atoms with E-state index < -0.39 is 0 Å². The molecule has 0 spiro atoms. The van der Waals surface area contributed by atoms with Gasteiger partial charge >= 0.3 is 0 Å². The van der Waals surface area contributed by atoms with Crippen molar-refractivity contribution in [2.45, 2.75) is 12.6 Å². The maximum atomic E-state index is 6.19. The molecule has 2 aliphatic rings. The van der Waals surface area contributed by atoms with E-state index in [0.29, 0.717) is 10.8 Å². The molecular formula is C14H19ClN2O3. The van der Waals surface area contributed by atoms with Gasteiger partial charge in [-0.25, -0.2) is 0 Å². The van der Waals surface area contributed by atoms with E-state index >= 15 is 0 Å². The Morgan fingerprint density at radius 2 is 2.30 bits per heavy atom. The van der Waals surface area contributed by atoms with Crippen molar-refractivity contribution in [2.75, 3.05) is 40.1 Å². The molecule has 20 heavy (non-hydrogen) atoms. The lowest BCUT2D eigenvalue weighted by Gasteiger charge is -2.28. The maximum absolute atomic E-state index is 6.19. The molecule has 3 rings (SSSR count). The lowest BCUT2D eigenvalue weighted by molar-refractivity contribution is 0.00884. The molecule has 0 radical (unpaired) electrons. The van der Waals surface area contributed by atoms with Crippen LogP contribution in [0.15, 0.2) is 12.1 Å². The van der Waals surface area contributed by atoms with Crippen molar-refractivity contribution in [3.8, 4) is 11.5 Å². The van der Waals surface area contributed by atoms with Crippen LogP contribution in [0.1, 0.15) is 5.56 Å². The van der Waals surface area contributed by atoms with Gasteiger partial charge in [-0.2, -0.15) is 0 Å². The van der Waals surface area contributed by atoms with Crippen molar-refractivity contribution in [1.82, 2.24) is 10.2 Å². The first-order valence-electron chi connectivity index (χ1n) is 6.81. The Morgan fingerprint density at radius 1 is 1.40 bits per heavy atom. The molecule has 2 aliphatic heterocycles. The van der Waals surface area contributed by atoms with Crippen LogP contribution in [0.2, 0.25) is 5.02 Å². The van der Waals surface area contributed by atoms with E-state index in [2.05, 4.69) is 17.3 Å². The van der Waals surface area contributed by atoms with Crippen LogP contribution in [-0.4, -0.2) is 51.1 Å². The van der Waals surface area contributed by atoms with Gasteiger partial charge in [-0.15, -0.1) is 0 Å². The first-order chi connectivity index (χ1) is 9.72. The van der Waals surface area contributed by atoms with Crippen LogP contribution in [0.5, 0.6) is 11.5 Å². The maximum Gasteiger partial charge on any atom is 0.231 e. The smallest absolute Gasteiger partial charge is 0.231 e. The zero-order valence-corrected chi connectivity index (χ0v) is 12.3. The van der Waals surface area contributed by atoms with Crippen LogP contribution >= 0.6 is 11.6 Å². The van der Waals surface area contributed by atoms with Gasteiger partial charge in [0.2, 0.25) is 6.79 Å². The number of rotatable bonds is 4. The average Bonchev–Trinajstić information content (AvgIpc) is 2.88. The summed E-state index contributed by atoms with van der Waals surface area (Å²) >= 11 is 6.19. The number of fused-ring (bicyclic) bond motifs is 1. The number of ether oxygens (including phenoxy) is 3. The summed E-state index contributed by atoms with van der Waals surface area (Å²) in [5.74, 6) is 1.38. The van der Waals surface area contributed by atoms with Gasteiger partial charge in [-0.3, -0.25) is 4.90 Å². The van der Waals surface area contributed by atoms with E-state index in [1.165, 1.54) is 0 Å². The van der Waals surface area contributed by atoms with Gasteiger partial charge in [-0.1, -0.05) is 11.6 Å². The van der Waals surface area contributed by atoms with Crippen molar-refractivity contribution in [2.24, 2.45) is 0 Å². The summed E-state index contributed by atoms with van der Waals surface area (Å²) in [7, 11) is 2.08. The highest BCUT2D eigenvalue weighted by Gasteiger charge is 2.20. The normalized spacial score (nSPS) is 21.4. The molecule has 1 unspecified atom stereocenters. The second kappa shape index (κ2) is 6.18. The second-order valence-corrected chi connectivity index (χ2v) is 5.61. The van der Waals surface area contributed by atoms with Crippen molar-refractivity contribution in [1.29, 1.82) is 0 Å². The van der Waals surface area contributed by atoms with Crippen LogP contribution in [0.4, 0.5) is 0 Å². The van der Waals surface area contributed by atoms with Crippen LogP contribution in [-0.2, 0) is 11.3 Å². The Balaban J connectivity index is 1.61. The van der Waals surface area contributed by atoms with Gasteiger partial charge in [0, 0.05) is 26.2 Å². The van der Waals surface area contributed by atoms with E-state index in [1.54, 1.807) is 0 Å². The molecule has 0 saturated carbocycles. The summed E-state index contributed by atoms with van der Waals surface area (Å²) in [6.45, 7) is 4.57. The highest BCUT2D eigenvalue weighted by Crippen LogP contribution is 2.39. The Hall–Kier alpha value is -1.01. The van der Waals surface area contributed by atoms with Gasteiger partial charge in [0.25, 0.3) is 0 Å². The first kappa shape index (κ1) is 13.9. The van der Waals surface area contributed by atoms with Gasteiger partial charge in [0.1, 0.15) is 0 Å². The lowest BCUT2D eigenvalue weighted by atomic mass is 10.2. The third-order valence-electron chi connectivity index (χ3n) is 3.46. The predicted octanol–water partition coefficient (Wildman–Crippen LogP) is 1.49. The Bertz CT molecular complexity index is 478. The molecule has 0 bridgehead atoms. The number of halogens is 1. The fourth-order valence-corrected chi connectivity index (χ4v) is 2.86. The zero-order chi connectivity index (χ0) is 13.9. The van der Waals surface area contributed by atoms with Crippen LogP contribution < -0.4 is 14.8 Å². The molecular weight excluding hydrogens is 280 g/mol. The quantitative estimate of drug-likeness (QED) is 0.912. The van der Waals surface area contributed by atoms with Gasteiger partial charge in [0.15, 0.2) is 11.5 Å². The van der Waals surface area contributed by atoms with Gasteiger partial charge < -0.3 is 19.5 Å². The number of likely N-dealkylation sites (N-methyl/N-ethyl adjacent to an activating group) is 1. The Kier molecular flexibility index (Phi) is 4.31. The number of nitrogens with zero attached hydrogens (tertiary/aromatic N) is 1. The minimum absolute atomic E-state index is 0.246. The summed E-state index contributed by atoms with van der Waals surface area (Å²) in [6.07, 6.45) is 0.248. The molecule has 6 heteroatoms. The molecule has 5 nitrogen and oxygen atoms in total. The van der Waals surface area contributed by atoms with Crippen molar-refractivity contribution in [3.63, 3.8) is 0 Å². The number of hydrogen-bond acceptors (Lipinski definition) is 5. The number of nitrogens with one attached hydrogen (secondary N) is 1. The fraction of sp³-hybridized carbons (Fsp3) is 0.571. The minimum Gasteiger partial charge on any atom is -0.454 e. The standard InChI is InChI=1S/C14H19ClN2O3/c1-17(8-11-6-16-2-3-18-11)7-10-4-12(15)14-13(5-10)19-9-20-14/h4-5,11,16H,2-3,6-9H2,1H3. The largest absolute Gasteiger partial charge is 0.454 e. The summed E-state index contributed by atoms with van der Waals surface area (Å²) in [5, 5.41) is 3.95. The van der Waals surface area contributed by atoms with E-state index in [1.807, 2.05) is 12.1 Å². The number of hydrogen-bond donors (Lipinski definition) is 1. The third kappa shape index (κ3) is 3.17. The highest BCUT2D eigenvalue weighted by atomic mass is 35.5. The van der Waals surface area contributed by atoms with Gasteiger partial charge in [0.05, 0.1) is 17.7 Å². The summed E-state index contributed by atoms with van der Waals surface area (Å²) < 4.78 is 16.4. The van der Waals surface area contributed by atoms with E-state index in [-0.39, 0.29) is 12.9 Å². The molecule has 1 aromatic rings. The van der Waals surface area contributed by atoms with E-state index in [4.69, 9.17) is 25.8 Å². The lowest BCUT2D eigenvalue weighted by Crippen LogP contribution is -2.44. The minimum atomic E-state index is 0.246. The predicted molar refractivity (Wildman–Crippen MR) is 76.5 cm³/mol. The zero-order valence-electron chi connectivity index (χ0n) is 11.5. The third-order valence-corrected chi connectivity index (χ3v) is 3.74. The molecule has 1 N–H and O–H groups in total. The Labute approximate surface area is 123 Å². The molecule has 0 amide bonds. The van der Waals surface area contributed by atoms with E-state index in [9.17, 15) is 0 Å². The summed E-state index contributed by atoms with van der Waals surface area (Å²) in [4.78, 5) is 2.23. The molecule has 1 aromatic carbocycles. The second-order valence-electron chi connectivity index (χ2n) is 5.21.